The van der Waals surface area contributed by atoms with Gasteiger partial charge in [0.1, 0.15) is 11.7 Å². The second-order valence-electron chi connectivity index (χ2n) is 5.10. The van der Waals surface area contributed by atoms with Crippen molar-refractivity contribution < 1.29 is 14.1 Å². The molecule has 3 aromatic rings. The first kappa shape index (κ1) is 15.0. The number of fused-ring (bicyclic) bond motifs is 1. The molecule has 0 spiro atoms. The summed E-state index contributed by atoms with van der Waals surface area (Å²) >= 11 is 0. The third-order valence-electron chi connectivity index (χ3n) is 3.41. The quantitative estimate of drug-likeness (QED) is 0.684. The molecule has 0 amide bonds. The minimum absolute atomic E-state index is 0.0261. The standard InChI is InChI=1S/C16H15N3O4/c1-3-22-16(21)13-12-14(23-18-13)17-9-19(15(12)20)8-11-6-4-10(2)5-7-11/h4-7,9H,3,8H2,1-2H3. The molecule has 7 heteroatoms. The highest BCUT2D eigenvalue weighted by atomic mass is 16.5. The zero-order valence-corrected chi connectivity index (χ0v) is 12.8. The molecule has 23 heavy (non-hydrogen) atoms. The fourth-order valence-corrected chi connectivity index (χ4v) is 2.22. The van der Waals surface area contributed by atoms with Crippen molar-refractivity contribution in [3.63, 3.8) is 0 Å². The van der Waals surface area contributed by atoms with Crippen molar-refractivity contribution in [1.82, 2.24) is 14.7 Å². The largest absolute Gasteiger partial charge is 0.461 e. The number of hydrogen-bond acceptors (Lipinski definition) is 6. The Morgan fingerprint density at radius 1 is 1.30 bits per heavy atom. The van der Waals surface area contributed by atoms with Gasteiger partial charge in [-0.15, -0.1) is 0 Å². The third-order valence-corrected chi connectivity index (χ3v) is 3.41. The fourth-order valence-electron chi connectivity index (χ4n) is 2.22. The molecule has 0 aliphatic heterocycles. The van der Waals surface area contributed by atoms with E-state index in [0.29, 0.717) is 6.54 Å². The summed E-state index contributed by atoms with van der Waals surface area (Å²) in [4.78, 5) is 28.5. The molecule has 0 fully saturated rings. The number of hydrogen-bond donors (Lipinski definition) is 0. The highest BCUT2D eigenvalue weighted by Crippen LogP contribution is 2.13. The van der Waals surface area contributed by atoms with Gasteiger partial charge in [0.2, 0.25) is 5.69 Å². The lowest BCUT2D eigenvalue weighted by molar-refractivity contribution is 0.0516. The summed E-state index contributed by atoms with van der Waals surface area (Å²) in [5, 5.41) is 3.65. The summed E-state index contributed by atoms with van der Waals surface area (Å²) in [6.45, 7) is 4.20. The summed E-state index contributed by atoms with van der Waals surface area (Å²) in [5.41, 5.74) is 1.59. The maximum absolute atomic E-state index is 12.6. The van der Waals surface area contributed by atoms with Crippen LogP contribution in [-0.4, -0.2) is 27.3 Å². The number of esters is 1. The SMILES string of the molecule is CCOC(=O)c1noc2ncn(Cc3ccc(C)cc3)c(=O)c12. The van der Waals surface area contributed by atoms with Gasteiger partial charge in [0.05, 0.1) is 13.2 Å². The molecule has 1 aromatic carbocycles. The van der Waals surface area contributed by atoms with Gasteiger partial charge in [-0.1, -0.05) is 35.0 Å². The van der Waals surface area contributed by atoms with Gasteiger partial charge in [-0.05, 0) is 19.4 Å². The number of rotatable bonds is 4. The number of benzene rings is 1. The Kier molecular flexibility index (Phi) is 3.92. The molecule has 0 atom stereocenters. The highest BCUT2D eigenvalue weighted by Gasteiger charge is 2.22. The lowest BCUT2D eigenvalue weighted by atomic mass is 10.1. The summed E-state index contributed by atoms with van der Waals surface area (Å²) in [7, 11) is 0. The molecule has 0 saturated carbocycles. The number of carbonyl (C=O) groups is 1. The van der Waals surface area contributed by atoms with Gasteiger partial charge < -0.3 is 9.26 Å². The van der Waals surface area contributed by atoms with Crippen molar-refractivity contribution in [2.75, 3.05) is 6.61 Å². The maximum Gasteiger partial charge on any atom is 0.361 e. The van der Waals surface area contributed by atoms with E-state index in [2.05, 4.69) is 10.1 Å². The van der Waals surface area contributed by atoms with Crippen LogP contribution in [0.25, 0.3) is 11.1 Å². The predicted molar refractivity (Wildman–Crippen MR) is 82.3 cm³/mol. The van der Waals surface area contributed by atoms with Crippen molar-refractivity contribution in [3.8, 4) is 0 Å². The van der Waals surface area contributed by atoms with Crippen LogP contribution in [0.1, 0.15) is 28.5 Å². The van der Waals surface area contributed by atoms with Gasteiger partial charge in [0.15, 0.2) is 0 Å². The van der Waals surface area contributed by atoms with Crippen LogP contribution >= 0.6 is 0 Å². The number of aromatic nitrogens is 3. The highest BCUT2D eigenvalue weighted by molar-refractivity contribution is 5.99. The van der Waals surface area contributed by atoms with Gasteiger partial charge >= 0.3 is 5.97 Å². The Bertz CT molecular complexity index is 909. The Balaban J connectivity index is 2.04. The molecule has 0 radical (unpaired) electrons. The topological polar surface area (TPSA) is 87.2 Å². The van der Waals surface area contributed by atoms with E-state index < -0.39 is 5.97 Å². The van der Waals surface area contributed by atoms with Gasteiger partial charge in [0.25, 0.3) is 11.3 Å². The summed E-state index contributed by atoms with van der Waals surface area (Å²) in [5.74, 6) is -0.696. The van der Waals surface area contributed by atoms with E-state index >= 15 is 0 Å². The van der Waals surface area contributed by atoms with E-state index in [1.165, 1.54) is 10.9 Å². The lowest BCUT2D eigenvalue weighted by Gasteiger charge is -2.05. The smallest absolute Gasteiger partial charge is 0.361 e. The van der Waals surface area contributed by atoms with Crippen LogP contribution in [0.4, 0.5) is 0 Å². The molecule has 3 rings (SSSR count). The Morgan fingerprint density at radius 2 is 2.04 bits per heavy atom. The van der Waals surface area contributed by atoms with Crippen molar-refractivity contribution in [1.29, 1.82) is 0 Å². The summed E-state index contributed by atoms with van der Waals surface area (Å²) < 4.78 is 11.2. The zero-order chi connectivity index (χ0) is 16.4. The predicted octanol–water partition coefficient (Wildman–Crippen LogP) is 1.92. The van der Waals surface area contributed by atoms with Crippen LogP contribution in [0.3, 0.4) is 0 Å². The molecule has 0 bridgehead atoms. The van der Waals surface area contributed by atoms with E-state index in [4.69, 9.17) is 9.26 Å². The molecule has 0 aliphatic rings. The third kappa shape index (κ3) is 2.85. The maximum atomic E-state index is 12.6. The van der Waals surface area contributed by atoms with E-state index in [1.54, 1.807) is 6.92 Å². The van der Waals surface area contributed by atoms with Crippen LogP contribution in [0.5, 0.6) is 0 Å². The number of aryl methyl sites for hydroxylation is 1. The van der Waals surface area contributed by atoms with Crippen molar-refractivity contribution in [3.05, 3.63) is 57.8 Å². The molecule has 2 aromatic heterocycles. The first-order chi connectivity index (χ1) is 11.1. The lowest BCUT2D eigenvalue weighted by Crippen LogP contribution is -2.22. The Morgan fingerprint density at radius 3 is 2.74 bits per heavy atom. The van der Waals surface area contributed by atoms with Crippen LogP contribution < -0.4 is 5.56 Å². The first-order valence-corrected chi connectivity index (χ1v) is 7.17. The average molecular weight is 313 g/mol. The monoisotopic (exact) mass is 313 g/mol. The van der Waals surface area contributed by atoms with Gasteiger partial charge in [-0.2, -0.15) is 0 Å². The summed E-state index contributed by atoms with van der Waals surface area (Å²) in [6.07, 6.45) is 1.38. The molecule has 118 valence electrons. The molecule has 7 nitrogen and oxygen atoms in total. The second-order valence-corrected chi connectivity index (χ2v) is 5.10. The fraction of sp³-hybridized carbons (Fsp3) is 0.250. The molecular formula is C16H15N3O4. The van der Waals surface area contributed by atoms with Gasteiger partial charge in [0, 0.05) is 0 Å². The second kappa shape index (κ2) is 6.04. The normalized spacial score (nSPS) is 10.9. The number of carbonyl (C=O) groups excluding carboxylic acids is 1. The van der Waals surface area contributed by atoms with E-state index in [0.717, 1.165) is 11.1 Å². The van der Waals surface area contributed by atoms with E-state index in [1.807, 2.05) is 31.2 Å². The minimum atomic E-state index is -0.696. The van der Waals surface area contributed by atoms with Crippen molar-refractivity contribution in [2.24, 2.45) is 0 Å². The molecule has 0 unspecified atom stereocenters. The molecular weight excluding hydrogens is 298 g/mol. The van der Waals surface area contributed by atoms with E-state index in [9.17, 15) is 9.59 Å². The van der Waals surface area contributed by atoms with E-state index in [-0.39, 0.29) is 29.0 Å². The average Bonchev–Trinajstić information content (AvgIpc) is 2.97. The minimum Gasteiger partial charge on any atom is -0.461 e. The Hall–Kier alpha value is -2.96. The van der Waals surface area contributed by atoms with Crippen molar-refractivity contribution >= 4 is 17.1 Å². The van der Waals surface area contributed by atoms with Crippen molar-refractivity contribution in [2.45, 2.75) is 20.4 Å². The molecule has 0 saturated heterocycles. The number of nitrogens with zero attached hydrogens (tertiary/aromatic N) is 3. The Labute approximate surface area is 131 Å². The van der Waals surface area contributed by atoms with Crippen LogP contribution in [0, 0.1) is 6.92 Å². The van der Waals surface area contributed by atoms with Crippen LogP contribution in [0.2, 0.25) is 0 Å². The van der Waals surface area contributed by atoms with Gasteiger partial charge in [-0.3, -0.25) is 9.36 Å². The van der Waals surface area contributed by atoms with Crippen LogP contribution in [0.15, 0.2) is 39.9 Å². The molecule has 2 heterocycles. The zero-order valence-electron chi connectivity index (χ0n) is 12.8. The van der Waals surface area contributed by atoms with Gasteiger partial charge in [-0.25, -0.2) is 9.78 Å². The number of ether oxygens (including phenoxy) is 1. The summed E-state index contributed by atoms with van der Waals surface area (Å²) in [6, 6.07) is 7.81. The van der Waals surface area contributed by atoms with Crippen LogP contribution in [-0.2, 0) is 11.3 Å². The molecule has 0 N–H and O–H groups in total. The first-order valence-electron chi connectivity index (χ1n) is 7.17. The molecule has 0 aliphatic carbocycles.